The Morgan fingerprint density at radius 3 is 2.47 bits per heavy atom. The molecule has 0 aromatic heterocycles. The zero-order chi connectivity index (χ0) is 14.1. The van der Waals surface area contributed by atoms with Crippen molar-refractivity contribution in [1.82, 2.24) is 5.32 Å². The van der Waals surface area contributed by atoms with Gasteiger partial charge in [-0.2, -0.15) is 0 Å². The average Bonchev–Trinajstić information content (AvgIpc) is 2.42. The van der Waals surface area contributed by atoms with E-state index in [1.54, 1.807) is 7.11 Å². The molecule has 0 fully saturated rings. The normalized spacial score (nSPS) is 12.2. The first-order valence-electron chi connectivity index (χ1n) is 7.16. The SMILES string of the molecule is CCC(=Cc1ccc(C(C)C)cc1)CNCCOC. The summed E-state index contributed by atoms with van der Waals surface area (Å²) in [7, 11) is 1.73. The lowest BCUT2D eigenvalue weighted by molar-refractivity contribution is 0.200. The molecular weight excluding hydrogens is 234 g/mol. The van der Waals surface area contributed by atoms with Crippen molar-refractivity contribution in [3.05, 3.63) is 41.0 Å². The Morgan fingerprint density at radius 2 is 1.95 bits per heavy atom. The number of methoxy groups -OCH3 is 1. The average molecular weight is 261 g/mol. The molecule has 0 atom stereocenters. The number of hydrogen-bond donors (Lipinski definition) is 1. The first-order valence-corrected chi connectivity index (χ1v) is 7.16. The third-order valence-electron chi connectivity index (χ3n) is 3.26. The summed E-state index contributed by atoms with van der Waals surface area (Å²) in [5.74, 6) is 0.597. The van der Waals surface area contributed by atoms with Gasteiger partial charge in [-0.05, 0) is 23.5 Å². The summed E-state index contributed by atoms with van der Waals surface area (Å²) < 4.78 is 5.03. The lowest BCUT2D eigenvalue weighted by Crippen LogP contribution is -2.21. The smallest absolute Gasteiger partial charge is 0.0587 e. The van der Waals surface area contributed by atoms with E-state index in [1.807, 2.05) is 0 Å². The van der Waals surface area contributed by atoms with Crippen molar-refractivity contribution < 1.29 is 4.74 Å². The Balaban J connectivity index is 2.58. The quantitative estimate of drug-likeness (QED) is 0.718. The van der Waals surface area contributed by atoms with Gasteiger partial charge >= 0.3 is 0 Å². The van der Waals surface area contributed by atoms with Crippen LogP contribution in [0.2, 0.25) is 0 Å². The maximum Gasteiger partial charge on any atom is 0.0587 e. The first kappa shape index (κ1) is 15.9. The van der Waals surface area contributed by atoms with Crippen LogP contribution >= 0.6 is 0 Å². The van der Waals surface area contributed by atoms with E-state index < -0.39 is 0 Å². The van der Waals surface area contributed by atoms with Gasteiger partial charge in [0.2, 0.25) is 0 Å². The predicted octanol–water partition coefficient (Wildman–Crippen LogP) is 3.84. The highest BCUT2D eigenvalue weighted by Crippen LogP contribution is 2.16. The summed E-state index contributed by atoms with van der Waals surface area (Å²) >= 11 is 0. The number of benzene rings is 1. The fourth-order valence-corrected chi connectivity index (χ4v) is 1.91. The fourth-order valence-electron chi connectivity index (χ4n) is 1.91. The standard InChI is InChI=1S/C17H27NO/c1-5-15(13-18-10-11-19-4)12-16-6-8-17(9-7-16)14(2)3/h6-9,12,14,18H,5,10-11,13H2,1-4H3. The molecule has 2 nitrogen and oxygen atoms in total. The van der Waals surface area contributed by atoms with Crippen molar-refractivity contribution in [2.75, 3.05) is 26.8 Å². The van der Waals surface area contributed by atoms with E-state index >= 15 is 0 Å². The van der Waals surface area contributed by atoms with Crippen molar-refractivity contribution in [3.8, 4) is 0 Å². The minimum Gasteiger partial charge on any atom is -0.383 e. The lowest BCUT2D eigenvalue weighted by Gasteiger charge is -2.08. The minimum absolute atomic E-state index is 0.597. The molecule has 0 aliphatic heterocycles. The van der Waals surface area contributed by atoms with Crippen LogP contribution in [0.1, 0.15) is 44.2 Å². The molecule has 0 bridgehead atoms. The summed E-state index contributed by atoms with van der Waals surface area (Å²) in [5, 5.41) is 3.39. The van der Waals surface area contributed by atoms with Crippen molar-refractivity contribution in [2.45, 2.75) is 33.1 Å². The van der Waals surface area contributed by atoms with Gasteiger partial charge in [0, 0.05) is 20.2 Å². The van der Waals surface area contributed by atoms with Crippen molar-refractivity contribution in [1.29, 1.82) is 0 Å². The van der Waals surface area contributed by atoms with Crippen molar-refractivity contribution >= 4 is 6.08 Å². The molecule has 2 heteroatoms. The highest BCUT2D eigenvalue weighted by molar-refractivity contribution is 5.53. The molecule has 0 spiro atoms. The van der Waals surface area contributed by atoms with E-state index in [0.717, 1.165) is 26.1 Å². The molecule has 0 saturated carbocycles. The van der Waals surface area contributed by atoms with E-state index in [1.165, 1.54) is 16.7 Å². The topological polar surface area (TPSA) is 21.3 Å². The van der Waals surface area contributed by atoms with Crippen LogP contribution in [0.3, 0.4) is 0 Å². The van der Waals surface area contributed by atoms with Crippen LogP contribution in [0.25, 0.3) is 6.08 Å². The van der Waals surface area contributed by atoms with Gasteiger partial charge in [-0.25, -0.2) is 0 Å². The van der Waals surface area contributed by atoms with Crippen LogP contribution in [-0.4, -0.2) is 26.8 Å². The molecule has 0 aliphatic rings. The molecule has 0 unspecified atom stereocenters. The second-order valence-corrected chi connectivity index (χ2v) is 5.15. The van der Waals surface area contributed by atoms with E-state index in [2.05, 4.69) is 56.4 Å². The highest BCUT2D eigenvalue weighted by Gasteiger charge is 1.99. The van der Waals surface area contributed by atoms with Gasteiger partial charge in [-0.15, -0.1) is 0 Å². The maximum atomic E-state index is 5.03. The van der Waals surface area contributed by atoms with Crippen LogP contribution in [0.5, 0.6) is 0 Å². The Bertz CT molecular complexity index is 379. The third kappa shape index (κ3) is 6.04. The molecule has 0 saturated heterocycles. The zero-order valence-electron chi connectivity index (χ0n) is 12.7. The first-order chi connectivity index (χ1) is 9.17. The monoisotopic (exact) mass is 261 g/mol. The molecule has 1 rings (SSSR count). The molecule has 19 heavy (non-hydrogen) atoms. The highest BCUT2D eigenvalue weighted by atomic mass is 16.5. The van der Waals surface area contributed by atoms with Gasteiger partial charge in [0.1, 0.15) is 0 Å². The van der Waals surface area contributed by atoms with Gasteiger partial charge in [-0.3, -0.25) is 0 Å². The molecule has 1 N–H and O–H groups in total. The maximum absolute atomic E-state index is 5.03. The summed E-state index contributed by atoms with van der Waals surface area (Å²) in [4.78, 5) is 0. The Morgan fingerprint density at radius 1 is 1.26 bits per heavy atom. The molecule has 0 heterocycles. The fraction of sp³-hybridized carbons (Fsp3) is 0.529. The van der Waals surface area contributed by atoms with Crippen molar-refractivity contribution in [2.24, 2.45) is 0 Å². The van der Waals surface area contributed by atoms with Crippen LogP contribution in [0, 0.1) is 0 Å². The van der Waals surface area contributed by atoms with E-state index in [4.69, 9.17) is 4.74 Å². The number of ether oxygens (including phenoxy) is 1. The van der Waals surface area contributed by atoms with Crippen LogP contribution in [-0.2, 0) is 4.74 Å². The van der Waals surface area contributed by atoms with Gasteiger partial charge in [0.25, 0.3) is 0 Å². The second-order valence-electron chi connectivity index (χ2n) is 5.15. The van der Waals surface area contributed by atoms with Gasteiger partial charge in [0.15, 0.2) is 0 Å². The van der Waals surface area contributed by atoms with Crippen molar-refractivity contribution in [3.63, 3.8) is 0 Å². The Kier molecular flexibility index (Phi) is 7.46. The molecule has 0 amide bonds. The Labute approximate surface area is 117 Å². The van der Waals surface area contributed by atoms with E-state index in [-0.39, 0.29) is 0 Å². The van der Waals surface area contributed by atoms with Gasteiger partial charge in [0.05, 0.1) is 6.61 Å². The number of hydrogen-bond acceptors (Lipinski definition) is 2. The third-order valence-corrected chi connectivity index (χ3v) is 3.26. The van der Waals surface area contributed by atoms with Crippen LogP contribution in [0.15, 0.2) is 29.8 Å². The minimum atomic E-state index is 0.597. The predicted molar refractivity (Wildman–Crippen MR) is 83.5 cm³/mol. The molecule has 1 aromatic rings. The van der Waals surface area contributed by atoms with E-state index in [9.17, 15) is 0 Å². The van der Waals surface area contributed by atoms with E-state index in [0.29, 0.717) is 5.92 Å². The zero-order valence-corrected chi connectivity index (χ0v) is 12.7. The molecule has 1 aromatic carbocycles. The summed E-state index contributed by atoms with van der Waals surface area (Å²) in [6.45, 7) is 9.25. The molecule has 0 aliphatic carbocycles. The number of nitrogens with one attached hydrogen (secondary N) is 1. The molecular formula is C17H27NO. The van der Waals surface area contributed by atoms with Crippen LogP contribution < -0.4 is 5.32 Å². The Hall–Kier alpha value is -1.12. The molecule has 106 valence electrons. The van der Waals surface area contributed by atoms with Crippen LogP contribution in [0.4, 0.5) is 0 Å². The van der Waals surface area contributed by atoms with Gasteiger partial charge < -0.3 is 10.1 Å². The summed E-state index contributed by atoms with van der Waals surface area (Å²) in [6.07, 6.45) is 3.36. The number of rotatable bonds is 8. The van der Waals surface area contributed by atoms with Gasteiger partial charge in [-0.1, -0.05) is 56.7 Å². The summed E-state index contributed by atoms with van der Waals surface area (Å²) in [5.41, 5.74) is 4.11. The largest absolute Gasteiger partial charge is 0.383 e. The molecule has 0 radical (unpaired) electrons. The second kappa shape index (κ2) is 8.89. The lowest BCUT2D eigenvalue weighted by atomic mass is 10.0. The summed E-state index contributed by atoms with van der Waals surface area (Å²) in [6, 6.07) is 8.87.